The van der Waals surface area contributed by atoms with Gasteiger partial charge in [-0.05, 0) is 17.3 Å². The molecule has 7 nitrogen and oxygen atoms in total. The summed E-state index contributed by atoms with van der Waals surface area (Å²) in [5.41, 5.74) is 6.85. The zero-order chi connectivity index (χ0) is 11.3. The number of urea groups is 1. The zero-order valence-corrected chi connectivity index (χ0v) is 7.54. The van der Waals surface area contributed by atoms with Crippen LogP contribution in [0, 0.1) is 4.91 Å². The van der Waals surface area contributed by atoms with Crippen molar-refractivity contribution in [3.05, 3.63) is 28.7 Å². The Morgan fingerprint density at radius 2 is 2.27 bits per heavy atom. The number of nitrogens with one attached hydrogen (secondary N) is 1. The summed E-state index contributed by atoms with van der Waals surface area (Å²) in [4.78, 5) is 20.5. The summed E-state index contributed by atoms with van der Waals surface area (Å²) in [6.45, 7) is 0. The van der Waals surface area contributed by atoms with Gasteiger partial charge in [0.25, 0.3) is 0 Å². The molecule has 0 unspecified atom stereocenters. The molecule has 0 saturated heterocycles. The molecule has 1 aromatic carbocycles. The summed E-state index contributed by atoms with van der Waals surface area (Å²) in [5, 5.41) is 15.4. The van der Waals surface area contributed by atoms with Gasteiger partial charge in [-0.25, -0.2) is 10.2 Å². The van der Waals surface area contributed by atoms with Gasteiger partial charge in [0.15, 0.2) is 5.75 Å². The number of nitrogens with two attached hydrogens (primary N) is 1. The number of phenolic OH excluding ortho intramolecular Hbond substituents is 1. The van der Waals surface area contributed by atoms with Crippen LogP contribution in [-0.4, -0.2) is 17.4 Å². The number of nitrogens with zero attached hydrogens (tertiary/aromatic N) is 2. The number of carbonyl (C=O) groups excluding carboxylic acids is 1. The molecule has 15 heavy (non-hydrogen) atoms. The van der Waals surface area contributed by atoms with Gasteiger partial charge in [0, 0.05) is 5.56 Å². The number of hydrogen-bond acceptors (Lipinski definition) is 5. The van der Waals surface area contributed by atoms with Crippen molar-refractivity contribution in [3.63, 3.8) is 0 Å². The molecule has 0 aromatic heterocycles. The van der Waals surface area contributed by atoms with Gasteiger partial charge in [-0.2, -0.15) is 5.10 Å². The van der Waals surface area contributed by atoms with Crippen LogP contribution in [0.2, 0.25) is 0 Å². The van der Waals surface area contributed by atoms with Crippen LogP contribution in [0.3, 0.4) is 0 Å². The van der Waals surface area contributed by atoms with Gasteiger partial charge >= 0.3 is 6.03 Å². The fourth-order valence-electron chi connectivity index (χ4n) is 0.892. The van der Waals surface area contributed by atoms with Crippen LogP contribution in [0.25, 0.3) is 0 Å². The lowest BCUT2D eigenvalue weighted by molar-refractivity contribution is 0.249. The number of primary amides is 1. The number of carbonyl (C=O) groups is 1. The van der Waals surface area contributed by atoms with E-state index in [1.807, 2.05) is 5.43 Å². The second-order valence-corrected chi connectivity index (χ2v) is 2.54. The Kier molecular flexibility index (Phi) is 3.33. The van der Waals surface area contributed by atoms with E-state index in [0.717, 1.165) is 6.21 Å². The molecule has 0 fully saturated rings. The van der Waals surface area contributed by atoms with Gasteiger partial charge < -0.3 is 10.8 Å². The quantitative estimate of drug-likeness (QED) is 0.387. The molecule has 0 radical (unpaired) electrons. The lowest BCUT2D eigenvalue weighted by atomic mass is 10.2. The smallest absolute Gasteiger partial charge is 0.332 e. The van der Waals surface area contributed by atoms with Gasteiger partial charge in [0.05, 0.1) is 6.21 Å². The average molecular weight is 208 g/mol. The maximum absolute atomic E-state index is 10.3. The Morgan fingerprint density at radius 3 is 2.87 bits per heavy atom. The number of nitroso groups, excluding NO2 is 1. The first kappa shape index (κ1) is 10.6. The van der Waals surface area contributed by atoms with Gasteiger partial charge in [0.2, 0.25) is 0 Å². The van der Waals surface area contributed by atoms with Crippen molar-refractivity contribution in [3.8, 4) is 5.75 Å². The molecule has 1 aromatic rings. The van der Waals surface area contributed by atoms with Gasteiger partial charge in [-0.3, -0.25) is 0 Å². The molecular formula is C8H8N4O3. The lowest BCUT2D eigenvalue weighted by Crippen LogP contribution is -2.24. The molecule has 0 atom stereocenters. The molecular weight excluding hydrogens is 200 g/mol. The zero-order valence-electron chi connectivity index (χ0n) is 7.54. The summed E-state index contributed by atoms with van der Waals surface area (Å²) in [6, 6.07) is 3.54. The van der Waals surface area contributed by atoms with Crippen molar-refractivity contribution in [2.75, 3.05) is 0 Å². The van der Waals surface area contributed by atoms with Crippen LogP contribution >= 0.6 is 0 Å². The van der Waals surface area contributed by atoms with E-state index in [2.05, 4.69) is 10.3 Å². The van der Waals surface area contributed by atoms with Crippen molar-refractivity contribution in [2.45, 2.75) is 0 Å². The molecule has 0 aliphatic carbocycles. The highest BCUT2D eigenvalue weighted by molar-refractivity contribution is 5.87. The molecule has 0 bridgehead atoms. The third-order valence-electron chi connectivity index (χ3n) is 1.52. The Morgan fingerprint density at radius 1 is 1.53 bits per heavy atom. The predicted octanol–water partition coefficient (Wildman–Crippen LogP) is 0.792. The number of amides is 2. The second kappa shape index (κ2) is 4.70. The number of phenols is 1. The van der Waals surface area contributed by atoms with Crippen LogP contribution in [0.4, 0.5) is 10.5 Å². The van der Waals surface area contributed by atoms with Crippen LogP contribution in [-0.2, 0) is 0 Å². The molecule has 1 rings (SSSR count). The van der Waals surface area contributed by atoms with Crippen LogP contribution < -0.4 is 11.2 Å². The van der Waals surface area contributed by atoms with Gasteiger partial charge in [-0.1, -0.05) is 6.07 Å². The first-order valence-electron chi connectivity index (χ1n) is 3.89. The fraction of sp³-hybridized carbons (Fsp3) is 0. The highest BCUT2D eigenvalue weighted by Crippen LogP contribution is 2.28. The number of aromatic hydroxyl groups is 1. The van der Waals surface area contributed by atoms with E-state index in [1.165, 1.54) is 18.2 Å². The summed E-state index contributed by atoms with van der Waals surface area (Å²) in [5.74, 6) is -0.303. The van der Waals surface area contributed by atoms with Crippen molar-refractivity contribution >= 4 is 17.9 Å². The van der Waals surface area contributed by atoms with Crippen molar-refractivity contribution in [1.29, 1.82) is 0 Å². The third-order valence-corrected chi connectivity index (χ3v) is 1.52. The number of benzene rings is 1. The van der Waals surface area contributed by atoms with Crippen molar-refractivity contribution in [2.24, 2.45) is 16.0 Å². The highest BCUT2D eigenvalue weighted by atomic mass is 16.3. The van der Waals surface area contributed by atoms with Crippen LogP contribution in [0.5, 0.6) is 5.75 Å². The SMILES string of the molecule is NC(=O)NN=Cc1cccc(N=O)c1O. The maximum Gasteiger partial charge on any atom is 0.332 e. The molecule has 0 spiro atoms. The lowest BCUT2D eigenvalue weighted by Gasteiger charge is -1.99. The molecule has 78 valence electrons. The monoisotopic (exact) mass is 208 g/mol. The molecule has 0 heterocycles. The average Bonchev–Trinajstić information content (AvgIpc) is 2.20. The largest absolute Gasteiger partial charge is 0.505 e. The minimum atomic E-state index is -0.824. The molecule has 2 amide bonds. The molecule has 7 heteroatoms. The summed E-state index contributed by atoms with van der Waals surface area (Å²) in [6.07, 6.45) is 1.15. The number of rotatable bonds is 3. The first-order valence-corrected chi connectivity index (χ1v) is 3.89. The van der Waals surface area contributed by atoms with E-state index >= 15 is 0 Å². The third kappa shape index (κ3) is 2.76. The van der Waals surface area contributed by atoms with E-state index in [4.69, 9.17) is 5.73 Å². The second-order valence-electron chi connectivity index (χ2n) is 2.54. The van der Waals surface area contributed by atoms with E-state index in [-0.39, 0.29) is 17.0 Å². The predicted molar refractivity (Wildman–Crippen MR) is 53.9 cm³/mol. The minimum Gasteiger partial charge on any atom is -0.505 e. The van der Waals surface area contributed by atoms with Gasteiger partial charge in [0.1, 0.15) is 5.69 Å². The standard InChI is InChI=1S/C8H8N4O3/c9-8(14)11-10-4-5-2-1-3-6(12-15)7(5)13/h1-4,13H,(H3,9,11,14). The van der Waals surface area contributed by atoms with E-state index < -0.39 is 6.03 Å². The first-order chi connectivity index (χ1) is 7.15. The number of hydrogen-bond donors (Lipinski definition) is 3. The normalized spacial score (nSPS) is 10.1. The van der Waals surface area contributed by atoms with E-state index in [0.29, 0.717) is 0 Å². The highest BCUT2D eigenvalue weighted by Gasteiger charge is 2.04. The Labute approximate surface area is 84.6 Å². The Bertz CT molecular complexity index is 416. The van der Waals surface area contributed by atoms with Gasteiger partial charge in [-0.15, -0.1) is 4.91 Å². The molecule has 0 aliphatic rings. The van der Waals surface area contributed by atoms with Crippen molar-refractivity contribution < 1.29 is 9.90 Å². The van der Waals surface area contributed by atoms with E-state index in [1.54, 1.807) is 0 Å². The molecule has 4 N–H and O–H groups in total. The fourth-order valence-corrected chi connectivity index (χ4v) is 0.892. The van der Waals surface area contributed by atoms with E-state index in [9.17, 15) is 14.8 Å². The summed E-state index contributed by atoms with van der Waals surface area (Å²) < 4.78 is 0. The number of para-hydroxylation sites is 1. The number of hydrazone groups is 1. The molecule has 0 saturated carbocycles. The van der Waals surface area contributed by atoms with Crippen LogP contribution in [0.1, 0.15) is 5.56 Å². The van der Waals surface area contributed by atoms with Crippen molar-refractivity contribution in [1.82, 2.24) is 5.43 Å². The minimum absolute atomic E-state index is 0.0991. The Balaban J connectivity index is 2.90. The topological polar surface area (TPSA) is 117 Å². The molecule has 0 aliphatic heterocycles. The summed E-state index contributed by atoms with van der Waals surface area (Å²) in [7, 11) is 0. The maximum atomic E-state index is 10.3. The Hall–Kier alpha value is -2.44. The summed E-state index contributed by atoms with van der Waals surface area (Å²) >= 11 is 0. The van der Waals surface area contributed by atoms with Crippen LogP contribution in [0.15, 0.2) is 28.5 Å².